The van der Waals surface area contributed by atoms with Crippen LogP contribution in [0.3, 0.4) is 0 Å². The Morgan fingerprint density at radius 3 is 2.95 bits per heavy atom. The number of pyridine rings is 1. The van der Waals surface area contributed by atoms with E-state index in [1.165, 1.54) is 12.8 Å². The van der Waals surface area contributed by atoms with Crippen LogP contribution in [0.5, 0.6) is 0 Å². The third-order valence-electron chi connectivity index (χ3n) is 4.30. The van der Waals surface area contributed by atoms with Crippen molar-refractivity contribution in [3.8, 4) is 0 Å². The van der Waals surface area contributed by atoms with Crippen LogP contribution in [0.25, 0.3) is 10.8 Å². The van der Waals surface area contributed by atoms with Crippen molar-refractivity contribution in [1.29, 1.82) is 0 Å². The van der Waals surface area contributed by atoms with E-state index < -0.39 is 0 Å². The highest BCUT2D eigenvalue weighted by Crippen LogP contribution is 2.23. The van der Waals surface area contributed by atoms with Gasteiger partial charge in [-0.25, -0.2) is 4.98 Å². The van der Waals surface area contributed by atoms with E-state index in [2.05, 4.69) is 11.9 Å². The van der Waals surface area contributed by atoms with Gasteiger partial charge in [0.15, 0.2) is 0 Å². The second-order valence-electron chi connectivity index (χ2n) is 5.81. The largest absolute Gasteiger partial charge is 0.383 e. The lowest BCUT2D eigenvalue weighted by Crippen LogP contribution is -2.38. The van der Waals surface area contributed by atoms with Crippen LogP contribution in [0.1, 0.15) is 43.1 Å². The average molecular weight is 283 g/mol. The number of aromatic nitrogens is 1. The van der Waals surface area contributed by atoms with Crippen molar-refractivity contribution in [3.63, 3.8) is 0 Å². The lowest BCUT2D eigenvalue weighted by molar-refractivity contribution is 0.0692. The van der Waals surface area contributed by atoms with Gasteiger partial charge in [-0.2, -0.15) is 0 Å². The minimum absolute atomic E-state index is 0.00172. The molecule has 0 saturated carbocycles. The molecule has 21 heavy (non-hydrogen) atoms. The third kappa shape index (κ3) is 2.71. The zero-order chi connectivity index (χ0) is 14.8. The summed E-state index contributed by atoms with van der Waals surface area (Å²) in [6, 6.07) is 9.90. The van der Waals surface area contributed by atoms with Crippen molar-refractivity contribution in [1.82, 2.24) is 9.88 Å². The Bertz CT molecular complexity index is 668. The number of fused-ring (bicyclic) bond motifs is 1. The van der Waals surface area contributed by atoms with Crippen LogP contribution in [0.4, 0.5) is 5.82 Å². The Labute approximate surface area is 125 Å². The molecule has 1 unspecified atom stereocenters. The summed E-state index contributed by atoms with van der Waals surface area (Å²) in [5.41, 5.74) is 6.47. The minimum atomic E-state index is 0.00172. The first-order valence-electron chi connectivity index (χ1n) is 7.63. The number of benzene rings is 1. The molecule has 110 valence electrons. The van der Waals surface area contributed by atoms with Crippen molar-refractivity contribution < 1.29 is 4.79 Å². The molecule has 2 aromatic rings. The maximum atomic E-state index is 12.8. The summed E-state index contributed by atoms with van der Waals surface area (Å²) in [6.07, 6.45) is 4.52. The van der Waals surface area contributed by atoms with Gasteiger partial charge in [-0.15, -0.1) is 0 Å². The van der Waals surface area contributed by atoms with Crippen LogP contribution in [-0.2, 0) is 0 Å². The molecule has 4 nitrogen and oxygen atoms in total. The van der Waals surface area contributed by atoms with E-state index in [1.807, 2.05) is 35.2 Å². The van der Waals surface area contributed by atoms with Crippen molar-refractivity contribution in [2.45, 2.75) is 38.6 Å². The molecule has 0 radical (unpaired) electrons. The van der Waals surface area contributed by atoms with Gasteiger partial charge in [0.25, 0.3) is 5.91 Å². The number of anilines is 1. The molecule has 1 fully saturated rings. The fourth-order valence-corrected chi connectivity index (χ4v) is 3.06. The summed E-state index contributed by atoms with van der Waals surface area (Å²) in [6.45, 7) is 2.93. The molecule has 2 heterocycles. The van der Waals surface area contributed by atoms with Crippen LogP contribution in [0.2, 0.25) is 0 Å². The van der Waals surface area contributed by atoms with E-state index in [9.17, 15) is 4.79 Å². The number of nitrogens with zero attached hydrogens (tertiary/aromatic N) is 2. The summed E-state index contributed by atoms with van der Waals surface area (Å²) in [5.74, 6) is 0.431. The third-order valence-corrected chi connectivity index (χ3v) is 4.30. The van der Waals surface area contributed by atoms with Crippen LogP contribution in [0, 0.1) is 0 Å². The van der Waals surface area contributed by atoms with Gasteiger partial charge in [0.1, 0.15) is 11.5 Å². The number of carbonyl (C=O) groups is 1. The SMILES string of the molecule is CC1CCCCCN1C(=O)c1cc2ccccc2c(N)n1. The molecule has 1 aliphatic rings. The van der Waals surface area contributed by atoms with Gasteiger partial charge in [-0.1, -0.05) is 37.1 Å². The topological polar surface area (TPSA) is 59.2 Å². The molecular weight excluding hydrogens is 262 g/mol. The molecule has 2 N–H and O–H groups in total. The van der Waals surface area contributed by atoms with Crippen LogP contribution in [-0.4, -0.2) is 28.4 Å². The van der Waals surface area contributed by atoms with E-state index >= 15 is 0 Å². The molecule has 4 heteroatoms. The van der Waals surface area contributed by atoms with Gasteiger partial charge in [-0.05, 0) is 31.2 Å². The zero-order valence-corrected chi connectivity index (χ0v) is 12.4. The monoisotopic (exact) mass is 283 g/mol. The minimum Gasteiger partial charge on any atom is -0.383 e. The smallest absolute Gasteiger partial charge is 0.272 e. The second kappa shape index (κ2) is 5.72. The zero-order valence-electron chi connectivity index (χ0n) is 12.4. The van der Waals surface area contributed by atoms with Gasteiger partial charge in [0, 0.05) is 18.0 Å². The number of hydrogen-bond acceptors (Lipinski definition) is 3. The first kappa shape index (κ1) is 13.9. The Hall–Kier alpha value is -2.10. The second-order valence-corrected chi connectivity index (χ2v) is 5.81. The lowest BCUT2D eigenvalue weighted by Gasteiger charge is -2.27. The van der Waals surface area contributed by atoms with E-state index in [4.69, 9.17) is 5.73 Å². The van der Waals surface area contributed by atoms with Crippen molar-refractivity contribution >= 4 is 22.5 Å². The lowest BCUT2D eigenvalue weighted by atomic mass is 10.1. The fourth-order valence-electron chi connectivity index (χ4n) is 3.06. The summed E-state index contributed by atoms with van der Waals surface area (Å²) >= 11 is 0. The summed E-state index contributed by atoms with van der Waals surface area (Å²) < 4.78 is 0. The maximum Gasteiger partial charge on any atom is 0.272 e. The molecule has 1 atom stereocenters. The van der Waals surface area contributed by atoms with Crippen LogP contribution < -0.4 is 5.73 Å². The van der Waals surface area contributed by atoms with Gasteiger partial charge >= 0.3 is 0 Å². The Balaban J connectivity index is 1.97. The summed E-state index contributed by atoms with van der Waals surface area (Å²) in [7, 11) is 0. The maximum absolute atomic E-state index is 12.8. The molecule has 1 amide bonds. The summed E-state index contributed by atoms with van der Waals surface area (Å²) in [5, 5.41) is 1.87. The normalized spacial score (nSPS) is 19.5. The molecule has 0 aliphatic carbocycles. The van der Waals surface area contributed by atoms with E-state index in [0.29, 0.717) is 11.5 Å². The highest BCUT2D eigenvalue weighted by Gasteiger charge is 2.24. The number of likely N-dealkylation sites (tertiary alicyclic amines) is 1. The summed E-state index contributed by atoms with van der Waals surface area (Å²) in [4.78, 5) is 19.0. The van der Waals surface area contributed by atoms with Crippen molar-refractivity contribution in [2.24, 2.45) is 0 Å². The number of rotatable bonds is 1. The first-order valence-corrected chi connectivity index (χ1v) is 7.63. The van der Waals surface area contributed by atoms with Crippen LogP contribution >= 0.6 is 0 Å². The van der Waals surface area contributed by atoms with E-state index in [-0.39, 0.29) is 11.9 Å². The molecule has 1 aliphatic heterocycles. The molecule has 1 saturated heterocycles. The van der Waals surface area contributed by atoms with Crippen LogP contribution in [0.15, 0.2) is 30.3 Å². The van der Waals surface area contributed by atoms with E-state index in [0.717, 1.165) is 30.2 Å². The molecule has 3 rings (SSSR count). The quantitative estimate of drug-likeness (QED) is 0.874. The van der Waals surface area contributed by atoms with Gasteiger partial charge in [0.2, 0.25) is 0 Å². The molecular formula is C17H21N3O. The average Bonchev–Trinajstić information content (AvgIpc) is 2.71. The number of hydrogen-bond donors (Lipinski definition) is 1. The van der Waals surface area contributed by atoms with Gasteiger partial charge in [-0.3, -0.25) is 4.79 Å². The van der Waals surface area contributed by atoms with Crippen molar-refractivity contribution in [2.75, 3.05) is 12.3 Å². The number of nitrogen functional groups attached to an aromatic ring is 1. The first-order chi connectivity index (χ1) is 10.2. The molecule has 1 aromatic carbocycles. The predicted molar refractivity (Wildman–Crippen MR) is 85.1 cm³/mol. The highest BCUT2D eigenvalue weighted by molar-refractivity contribution is 5.99. The molecule has 0 spiro atoms. The van der Waals surface area contributed by atoms with Gasteiger partial charge in [0.05, 0.1) is 0 Å². The number of carbonyl (C=O) groups excluding carboxylic acids is 1. The Kier molecular flexibility index (Phi) is 3.78. The van der Waals surface area contributed by atoms with E-state index in [1.54, 1.807) is 0 Å². The fraction of sp³-hybridized carbons (Fsp3) is 0.412. The molecule has 0 bridgehead atoms. The highest BCUT2D eigenvalue weighted by atomic mass is 16.2. The number of nitrogens with two attached hydrogens (primary N) is 1. The van der Waals surface area contributed by atoms with Crippen molar-refractivity contribution in [3.05, 3.63) is 36.0 Å². The Morgan fingerprint density at radius 1 is 1.29 bits per heavy atom. The predicted octanol–water partition coefficient (Wildman–Crippen LogP) is 3.22. The molecule has 1 aromatic heterocycles. The van der Waals surface area contributed by atoms with Gasteiger partial charge < -0.3 is 10.6 Å². The number of amides is 1. The Morgan fingerprint density at radius 2 is 2.10 bits per heavy atom. The standard InChI is InChI=1S/C17H21N3O/c1-12-7-3-2-6-10-20(12)17(21)15-11-13-8-4-5-9-14(13)16(18)19-15/h4-5,8-9,11-12H,2-3,6-7,10H2,1H3,(H2,18,19).